The Morgan fingerprint density at radius 3 is 2.44 bits per heavy atom. The third-order valence-corrected chi connectivity index (χ3v) is 3.71. The maximum atomic E-state index is 12.2. The number of nitrogens with one attached hydrogen (secondary N) is 2. The second kappa shape index (κ2) is 6.25. The summed E-state index contributed by atoms with van der Waals surface area (Å²) in [4.78, 5) is 0. The van der Waals surface area contributed by atoms with E-state index in [0.29, 0.717) is 6.54 Å². The van der Waals surface area contributed by atoms with Gasteiger partial charge in [-0.1, -0.05) is 30.3 Å². The Labute approximate surface area is 107 Å². The Kier molecular flexibility index (Phi) is 4.66. The van der Waals surface area contributed by atoms with Crippen LogP contribution in [0.5, 0.6) is 0 Å². The van der Waals surface area contributed by atoms with Crippen molar-refractivity contribution >= 4 is 0 Å². The summed E-state index contributed by atoms with van der Waals surface area (Å²) in [5.41, 5.74) is 1.26. The summed E-state index contributed by atoms with van der Waals surface area (Å²) < 4.78 is 24.5. The van der Waals surface area contributed by atoms with Crippen LogP contribution < -0.4 is 10.6 Å². The van der Waals surface area contributed by atoms with Crippen LogP contribution in [0.4, 0.5) is 8.78 Å². The molecular formula is C14H20F2N2. The van der Waals surface area contributed by atoms with Crippen molar-refractivity contribution in [1.29, 1.82) is 0 Å². The second-order valence-electron chi connectivity index (χ2n) is 4.92. The van der Waals surface area contributed by atoms with Gasteiger partial charge in [-0.05, 0) is 31.5 Å². The fraction of sp³-hybridized carbons (Fsp3) is 0.571. The van der Waals surface area contributed by atoms with E-state index in [1.807, 2.05) is 18.2 Å². The molecule has 1 aliphatic heterocycles. The van der Waals surface area contributed by atoms with Gasteiger partial charge in [0.2, 0.25) is 0 Å². The van der Waals surface area contributed by atoms with Crippen molar-refractivity contribution in [2.75, 3.05) is 26.2 Å². The molecule has 0 saturated carbocycles. The molecule has 18 heavy (non-hydrogen) atoms. The molecular weight excluding hydrogens is 234 g/mol. The van der Waals surface area contributed by atoms with Gasteiger partial charge in [0.15, 0.2) is 0 Å². The molecule has 0 unspecified atom stereocenters. The molecule has 1 fully saturated rings. The lowest BCUT2D eigenvalue weighted by molar-refractivity contribution is 0.140. The summed E-state index contributed by atoms with van der Waals surface area (Å²) in [6, 6.07) is 10.2. The standard InChI is InChI=1S/C14H20F2N2/c15-13(16)10-18-11-14(6-8-17-9-7-14)12-4-2-1-3-5-12/h1-5,13,17-18H,6-11H2. The molecule has 1 aromatic rings. The minimum Gasteiger partial charge on any atom is -0.317 e. The Balaban J connectivity index is 2.08. The van der Waals surface area contributed by atoms with Gasteiger partial charge in [0, 0.05) is 12.0 Å². The fourth-order valence-corrected chi connectivity index (χ4v) is 2.69. The van der Waals surface area contributed by atoms with Crippen molar-refractivity contribution in [2.24, 2.45) is 0 Å². The molecule has 0 spiro atoms. The SMILES string of the molecule is FC(F)CNCC1(c2ccccc2)CCNCC1. The summed E-state index contributed by atoms with van der Waals surface area (Å²) in [6.45, 7) is 2.31. The molecule has 0 aromatic heterocycles. The van der Waals surface area contributed by atoms with E-state index in [0.717, 1.165) is 25.9 Å². The smallest absolute Gasteiger partial charge is 0.250 e. The Bertz CT molecular complexity index is 348. The van der Waals surface area contributed by atoms with Crippen molar-refractivity contribution in [1.82, 2.24) is 10.6 Å². The topological polar surface area (TPSA) is 24.1 Å². The van der Waals surface area contributed by atoms with E-state index in [-0.39, 0.29) is 12.0 Å². The van der Waals surface area contributed by atoms with Crippen LogP contribution in [0, 0.1) is 0 Å². The molecule has 0 radical (unpaired) electrons. The quantitative estimate of drug-likeness (QED) is 0.841. The molecule has 0 bridgehead atoms. The monoisotopic (exact) mass is 254 g/mol. The van der Waals surface area contributed by atoms with Gasteiger partial charge < -0.3 is 10.6 Å². The van der Waals surface area contributed by atoms with Crippen LogP contribution in [0.3, 0.4) is 0 Å². The third kappa shape index (κ3) is 3.27. The predicted octanol–water partition coefficient (Wildman–Crippen LogP) is 2.16. The molecule has 0 aliphatic carbocycles. The van der Waals surface area contributed by atoms with Crippen LogP contribution in [-0.2, 0) is 5.41 Å². The molecule has 4 heteroatoms. The first-order valence-electron chi connectivity index (χ1n) is 6.48. The highest BCUT2D eigenvalue weighted by Gasteiger charge is 2.33. The summed E-state index contributed by atoms with van der Waals surface area (Å²) in [6.07, 6.45) is -0.292. The predicted molar refractivity (Wildman–Crippen MR) is 69.1 cm³/mol. The normalized spacial score (nSPS) is 19.1. The van der Waals surface area contributed by atoms with Gasteiger partial charge in [-0.3, -0.25) is 0 Å². The molecule has 1 heterocycles. The van der Waals surface area contributed by atoms with Crippen molar-refractivity contribution in [3.63, 3.8) is 0 Å². The number of hydrogen-bond donors (Lipinski definition) is 2. The van der Waals surface area contributed by atoms with E-state index in [2.05, 4.69) is 22.8 Å². The van der Waals surface area contributed by atoms with E-state index in [1.54, 1.807) is 0 Å². The zero-order chi connectivity index (χ0) is 12.8. The second-order valence-corrected chi connectivity index (χ2v) is 4.92. The maximum absolute atomic E-state index is 12.2. The molecule has 2 N–H and O–H groups in total. The van der Waals surface area contributed by atoms with Crippen LogP contribution in [-0.4, -0.2) is 32.6 Å². The van der Waals surface area contributed by atoms with E-state index in [1.165, 1.54) is 5.56 Å². The lowest BCUT2D eigenvalue weighted by Crippen LogP contribution is -2.47. The van der Waals surface area contributed by atoms with Crippen LogP contribution in [0.25, 0.3) is 0 Å². The largest absolute Gasteiger partial charge is 0.317 e. The minimum absolute atomic E-state index is 0.00139. The maximum Gasteiger partial charge on any atom is 0.250 e. The average Bonchev–Trinajstić information content (AvgIpc) is 2.40. The van der Waals surface area contributed by atoms with Crippen LogP contribution in [0.1, 0.15) is 18.4 Å². The van der Waals surface area contributed by atoms with Gasteiger partial charge in [-0.25, -0.2) is 8.78 Å². The Morgan fingerprint density at radius 1 is 1.17 bits per heavy atom. The van der Waals surface area contributed by atoms with Crippen LogP contribution in [0.2, 0.25) is 0 Å². The van der Waals surface area contributed by atoms with E-state index in [9.17, 15) is 8.78 Å². The molecule has 1 aromatic carbocycles. The number of hydrogen-bond acceptors (Lipinski definition) is 2. The van der Waals surface area contributed by atoms with E-state index in [4.69, 9.17) is 0 Å². The highest BCUT2D eigenvalue weighted by molar-refractivity contribution is 5.27. The molecule has 2 nitrogen and oxygen atoms in total. The Morgan fingerprint density at radius 2 is 1.83 bits per heavy atom. The zero-order valence-corrected chi connectivity index (χ0v) is 10.5. The first-order valence-corrected chi connectivity index (χ1v) is 6.48. The molecule has 100 valence electrons. The average molecular weight is 254 g/mol. The Hall–Kier alpha value is -1.00. The van der Waals surface area contributed by atoms with E-state index < -0.39 is 6.43 Å². The van der Waals surface area contributed by atoms with Gasteiger partial charge in [0.25, 0.3) is 6.43 Å². The number of benzene rings is 1. The van der Waals surface area contributed by atoms with E-state index >= 15 is 0 Å². The lowest BCUT2D eigenvalue weighted by atomic mass is 9.73. The summed E-state index contributed by atoms with van der Waals surface area (Å²) in [7, 11) is 0. The molecule has 2 rings (SSSR count). The van der Waals surface area contributed by atoms with Crippen molar-refractivity contribution in [3.8, 4) is 0 Å². The summed E-state index contributed by atoms with van der Waals surface area (Å²) in [5, 5.41) is 6.25. The molecule has 1 aliphatic rings. The number of rotatable bonds is 5. The van der Waals surface area contributed by atoms with Gasteiger partial charge in [-0.15, -0.1) is 0 Å². The van der Waals surface area contributed by atoms with Crippen molar-refractivity contribution in [2.45, 2.75) is 24.7 Å². The van der Waals surface area contributed by atoms with Crippen LogP contribution in [0.15, 0.2) is 30.3 Å². The summed E-state index contributed by atoms with van der Waals surface area (Å²) in [5.74, 6) is 0. The van der Waals surface area contributed by atoms with Gasteiger partial charge >= 0.3 is 0 Å². The van der Waals surface area contributed by atoms with Crippen LogP contribution >= 0.6 is 0 Å². The molecule has 0 atom stereocenters. The van der Waals surface area contributed by atoms with Gasteiger partial charge in [-0.2, -0.15) is 0 Å². The highest BCUT2D eigenvalue weighted by Crippen LogP contribution is 2.32. The highest BCUT2D eigenvalue weighted by atomic mass is 19.3. The first kappa shape index (κ1) is 13.4. The number of alkyl halides is 2. The third-order valence-electron chi connectivity index (χ3n) is 3.71. The number of halogens is 2. The van der Waals surface area contributed by atoms with Gasteiger partial charge in [0.1, 0.15) is 0 Å². The van der Waals surface area contributed by atoms with Crippen molar-refractivity contribution in [3.05, 3.63) is 35.9 Å². The van der Waals surface area contributed by atoms with Crippen molar-refractivity contribution < 1.29 is 8.78 Å². The number of piperidine rings is 1. The fourth-order valence-electron chi connectivity index (χ4n) is 2.69. The summed E-state index contributed by atoms with van der Waals surface area (Å²) >= 11 is 0. The minimum atomic E-state index is -2.28. The zero-order valence-electron chi connectivity index (χ0n) is 10.5. The van der Waals surface area contributed by atoms with Gasteiger partial charge in [0.05, 0.1) is 6.54 Å². The lowest BCUT2D eigenvalue weighted by Gasteiger charge is -2.38. The molecule has 1 saturated heterocycles. The molecule has 0 amide bonds. The first-order chi connectivity index (χ1) is 8.73.